The van der Waals surface area contributed by atoms with Crippen LogP contribution in [0.1, 0.15) is 19.3 Å². The molecule has 0 unspecified atom stereocenters. The highest BCUT2D eigenvalue weighted by Crippen LogP contribution is 2.34. The number of hydrogen-bond acceptors (Lipinski definition) is 6. The number of amides is 2. The Morgan fingerprint density at radius 3 is 2.23 bits per heavy atom. The molecule has 0 spiro atoms. The number of hydrogen-bond donors (Lipinski definition) is 0. The molecule has 0 N–H and O–H groups in total. The molecule has 0 saturated carbocycles. The minimum atomic E-state index is -0.0842. The molecule has 0 bridgehead atoms. The molecule has 3 heterocycles. The second-order valence-electron chi connectivity index (χ2n) is 7.55. The first kappa shape index (κ1) is 19.3. The van der Waals surface area contributed by atoms with Crippen LogP contribution in [-0.2, 0) is 16.1 Å². The summed E-state index contributed by atoms with van der Waals surface area (Å²) in [6.45, 7) is 1.03. The van der Waals surface area contributed by atoms with E-state index in [9.17, 15) is 9.59 Å². The van der Waals surface area contributed by atoms with E-state index in [2.05, 4.69) is 4.57 Å². The Labute approximate surface area is 178 Å². The molecule has 0 aliphatic carbocycles. The number of nitrogens with zero attached hydrogens (tertiary/aromatic N) is 4. The van der Waals surface area contributed by atoms with Gasteiger partial charge in [-0.15, -0.1) is 0 Å². The van der Waals surface area contributed by atoms with Crippen molar-refractivity contribution in [2.75, 3.05) is 20.8 Å². The maximum Gasteiger partial charge on any atom is 0.229 e. The zero-order chi connectivity index (χ0) is 21.5. The third-order valence-corrected chi connectivity index (χ3v) is 5.78. The molecular formula is C23H22N4O4. The number of para-hydroxylation sites is 1. The zero-order valence-corrected chi connectivity index (χ0v) is 17.4. The van der Waals surface area contributed by atoms with Crippen LogP contribution in [0.3, 0.4) is 0 Å². The molecule has 1 aliphatic heterocycles. The summed E-state index contributed by atoms with van der Waals surface area (Å²) in [5.41, 5.74) is 4.02. The number of aryl methyl sites for hydroxylation is 1. The molecule has 4 aromatic rings. The predicted octanol–water partition coefficient (Wildman–Crippen LogP) is 3.29. The van der Waals surface area contributed by atoms with Gasteiger partial charge in [0.05, 0.1) is 30.8 Å². The first-order valence-electron chi connectivity index (χ1n) is 10.2. The molecule has 2 aromatic carbocycles. The summed E-state index contributed by atoms with van der Waals surface area (Å²) in [4.78, 5) is 35.0. The van der Waals surface area contributed by atoms with Gasteiger partial charge in [-0.3, -0.25) is 14.5 Å². The van der Waals surface area contributed by atoms with Gasteiger partial charge in [0.25, 0.3) is 0 Å². The monoisotopic (exact) mass is 418 g/mol. The molecule has 1 fully saturated rings. The SMILES string of the molecule is COc1cc2nc3c4ccccc4n(CCCN4C(=O)CCC4=O)c3nc2cc1OC. The second-order valence-corrected chi connectivity index (χ2v) is 7.55. The quantitative estimate of drug-likeness (QED) is 0.447. The first-order chi connectivity index (χ1) is 15.1. The Morgan fingerprint density at radius 2 is 1.55 bits per heavy atom. The maximum absolute atomic E-state index is 11.9. The molecule has 2 aromatic heterocycles. The van der Waals surface area contributed by atoms with Crippen molar-refractivity contribution in [3.63, 3.8) is 0 Å². The van der Waals surface area contributed by atoms with E-state index in [0.29, 0.717) is 49.4 Å². The van der Waals surface area contributed by atoms with Gasteiger partial charge in [-0.2, -0.15) is 0 Å². The van der Waals surface area contributed by atoms with Crippen molar-refractivity contribution in [2.24, 2.45) is 0 Å². The van der Waals surface area contributed by atoms with E-state index >= 15 is 0 Å². The van der Waals surface area contributed by atoms with E-state index in [-0.39, 0.29) is 11.8 Å². The Balaban J connectivity index is 1.59. The summed E-state index contributed by atoms with van der Waals surface area (Å²) < 4.78 is 12.9. The Bertz CT molecular complexity index is 1330. The fourth-order valence-corrected chi connectivity index (χ4v) is 4.25. The molecule has 158 valence electrons. The number of imide groups is 1. The van der Waals surface area contributed by atoms with Crippen LogP contribution in [0.25, 0.3) is 33.1 Å². The Morgan fingerprint density at radius 1 is 0.903 bits per heavy atom. The summed E-state index contributed by atoms with van der Waals surface area (Å²) in [6, 6.07) is 11.7. The number of likely N-dealkylation sites (tertiary alicyclic amines) is 1. The predicted molar refractivity (Wildman–Crippen MR) is 116 cm³/mol. The highest BCUT2D eigenvalue weighted by molar-refractivity contribution is 6.06. The third-order valence-electron chi connectivity index (χ3n) is 5.78. The third kappa shape index (κ3) is 3.15. The fraction of sp³-hybridized carbons (Fsp3) is 0.304. The molecule has 1 aliphatic rings. The maximum atomic E-state index is 11.9. The van der Waals surface area contributed by atoms with Crippen molar-refractivity contribution in [3.8, 4) is 11.5 Å². The lowest BCUT2D eigenvalue weighted by Gasteiger charge is -2.14. The van der Waals surface area contributed by atoms with Crippen molar-refractivity contribution >= 4 is 44.9 Å². The average Bonchev–Trinajstić information content (AvgIpc) is 3.28. The van der Waals surface area contributed by atoms with Gasteiger partial charge in [0.15, 0.2) is 17.1 Å². The van der Waals surface area contributed by atoms with Gasteiger partial charge in [0.1, 0.15) is 5.52 Å². The van der Waals surface area contributed by atoms with Gasteiger partial charge in [-0.25, -0.2) is 9.97 Å². The lowest BCUT2D eigenvalue weighted by molar-refractivity contribution is -0.138. The summed E-state index contributed by atoms with van der Waals surface area (Å²) >= 11 is 0. The normalized spacial score (nSPS) is 14.3. The van der Waals surface area contributed by atoms with Crippen molar-refractivity contribution in [2.45, 2.75) is 25.8 Å². The van der Waals surface area contributed by atoms with Gasteiger partial charge in [0.2, 0.25) is 11.8 Å². The van der Waals surface area contributed by atoms with E-state index in [1.807, 2.05) is 36.4 Å². The smallest absolute Gasteiger partial charge is 0.229 e. The summed E-state index contributed by atoms with van der Waals surface area (Å²) in [5, 5.41) is 1.01. The summed E-state index contributed by atoms with van der Waals surface area (Å²) in [5.74, 6) is 1.03. The van der Waals surface area contributed by atoms with Crippen LogP contribution in [0, 0.1) is 0 Å². The van der Waals surface area contributed by atoms with E-state index in [0.717, 1.165) is 27.6 Å². The minimum Gasteiger partial charge on any atom is -0.493 e. The van der Waals surface area contributed by atoms with E-state index in [1.165, 1.54) is 4.90 Å². The number of benzene rings is 2. The number of carbonyl (C=O) groups excluding carboxylic acids is 2. The molecular weight excluding hydrogens is 396 g/mol. The van der Waals surface area contributed by atoms with Crippen LogP contribution in [0.5, 0.6) is 11.5 Å². The molecule has 0 radical (unpaired) electrons. The lowest BCUT2D eigenvalue weighted by Crippen LogP contribution is -2.30. The molecule has 2 amide bonds. The number of carbonyl (C=O) groups is 2. The Hall–Kier alpha value is -3.68. The summed E-state index contributed by atoms with van der Waals surface area (Å²) in [6.07, 6.45) is 1.28. The second kappa shape index (κ2) is 7.54. The molecule has 8 nitrogen and oxygen atoms in total. The van der Waals surface area contributed by atoms with E-state index in [1.54, 1.807) is 14.2 Å². The largest absolute Gasteiger partial charge is 0.493 e. The minimum absolute atomic E-state index is 0.0842. The van der Waals surface area contributed by atoms with Gasteiger partial charge in [-0.1, -0.05) is 18.2 Å². The van der Waals surface area contributed by atoms with E-state index < -0.39 is 0 Å². The molecule has 31 heavy (non-hydrogen) atoms. The highest BCUT2D eigenvalue weighted by Gasteiger charge is 2.28. The van der Waals surface area contributed by atoms with Crippen molar-refractivity contribution in [1.82, 2.24) is 19.4 Å². The first-order valence-corrected chi connectivity index (χ1v) is 10.2. The fourth-order valence-electron chi connectivity index (χ4n) is 4.25. The summed E-state index contributed by atoms with van der Waals surface area (Å²) in [7, 11) is 3.19. The number of rotatable bonds is 6. The zero-order valence-electron chi connectivity index (χ0n) is 17.4. The van der Waals surface area contributed by atoms with Crippen LogP contribution < -0.4 is 9.47 Å². The van der Waals surface area contributed by atoms with Crippen molar-refractivity contribution < 1.29 is 19.1 Å². The van der Waals surface area contributed by atoms with Gasteiger partial charge < -0.3 is 14.0 Å². The number of fused-ring (bicyclic) bond motifs is 4. The van der Waals surface area contributed by atoms with Crippen molar-refractivity contribution in [3.05, 3.63) is 36.4 Å². The lowest BCUT2D eigenvalue weighted by atomic mass is 10.2. The molecule has 5 rings (SSSR count). The van der Waals surface area contributed by atoms with Gasteiger partial charge in [0, 0.05) is 43.5 Å². The van der Waals surface area contributed by atoms with Crippen LogP contribution in [0.15, 0.2) is 36.4 Å². The molecule has 1 saturated heterocycles. The number of ether oxygens (including phenoxy) is 2. The van der Waals surface area contributed by atoms with Gasteiger partial charge in [-0.05, 0) is 12.5 Å². The van der Waals surface area contributed by atoms with Crippen LogP contribution in [0.2, 0.25) is 0 Å². The van der Waals surface area contributed by atoms with Crippen LogP contribution >= 0.6 is 0 Å². The van der Waals surface area contributed by atoms with Gasteiger partial charge >= 0.3 is 0 Å². The van der Waals surface area contributed by atoms with Crippen molar-refractivity contribution in [1.29, 1.82) is 0 Å². The number of aromatic nitrogens is 3. The van der Waals surface area contributed by atoms with Crippen LogP contribution in [0.4, 0.5) is 0 Å². The molecule has 0 atom stereocenters. The number of methoxy groups -OCH3 is 2. The average molecular weight is 418 g/mol. The topological polar surface area (TPSA) is 86.6 Å². The van der Waals surface area contributed by atoms with E-state index in [4.69, 9.17) is 19.4 Å². The molecule has 8 heteroatoms. The standard InChI is InChI=1S/C23H22N4O4/c1-30-18-12-15-16(13-19(18)31-2)25-23-22(24-15)14-6-3-4-7-17(14)26(23)10-5-11-27-20(28)8-9-21(27)29/h3-4,6-7,12-13H,5,8-11H2,1-2H3. The van der Waals surface area contributed by atoms with Crippen LogP contribution in [-0.4, -0.2) is 52.0 Å². The highest BCUT2D eigenvalue weighted by atomic mass is 16.5. The Kier molecular flexibility index (Phi) is 4.69.